The molecule has 0 amide bonds. The van der Waals surface area contributed by atoms with E-state index in [4.69, 9.17) is 15.2 Å². The second-order valence-corrected chi connectivity index (χ2v) is 2.71. The number of nitrogens with zero attached hydrogens (tertiary/aromatic N) is 1. The normalized spacial score (nSPS) is 9.86. The molecule has 1 heterocycles. The van der Waals surface area contributed by atoms with Crippen molar-refractivity contribution in [3.63, 3.8) is 0 Å². The van der Waals surface area contributed by atoms with Crippen molar-refractivity contribution >= 4 is 11.5 Å². The van der Waals surface area contributed by atoms with Gasteiger partial charge in [0.25, 0.3) is 0 Å². The van der Waals surface area contributed by atoms with E-state index in [2.05, 4.69) is 10.3 Å². The van der Waals surface area contributed by atoms with Crippen molar-refractivity contribution in [3.8, 4) is 5.88 Å². The summed E-state index contributed by atoms with van der Waals surface area (Å²) in [4.78, 5) is 4.15. The topological polar surface area (TPSA) is 69.4 Å². The highest BCUT2D eigenvalue weighted by Gasteiger charge is 2.01. The number of hydrogen-bond acceptors (Lipinski definition) is 5. The summed E-state index contributed by atoms with van der Waals surface area (Å²) in [6.07, 6.45) is 0. The van der Waals surface area contributed by atoms with Gasteiger partial charge >= 0.3 is 0 Å². The van der Waals surface area contributed by atoms with Gasteiger partial charge < -0.3 is 20.5 Å². The zero-order valence-corrected chi connectivity index (χ0v) is 8.41. The van der Waals surface area contributed by atoms with Crippen LogP contribution < -0.4 is 15.8 Å². The quantitative estimate of drug-likeness (QED) is 0.681. The van der Waals surface area contributed by atoms with E-state index in [0.717, 1.165) is 0 Å². The van der Waals surface area contributed by atoms with Crippen LogP contribution in [0.3, 0.4) is 0 Å². The third-order valence-electron chi connectivity index (χ3n) is 1.71. The van der Waals surface area contributed by atoms with Gasteiger partial charge in [-0.1, -0.05) is 0 Å². The Labute approximate surface area is 83.2 Å². The number of hydrogen-bond donors (Lipinski definition) is 2. The molecule has 0 aliphatic carbocycles. The van der Waals surface area contributed by atoms with Crippen molar-refractivity contribution < 1.29 is 9.47 Å². The summed E-state index contributed by atoms with van der Waals surface area (Å²) in [6, 6.07) is 3.47. The van der Waals surface area contributed by atoms with Gasteiger partial charge in [-0.3, -0.25) is 0 Å². The number of nitrogen functional groups attached to an aromatic ring is 1. The third-order valence-corrected chi connectivity index (χ3v) is 1.71. The minimum absolute atomic E-state index is 0.541. The predicted molar refractivity (Wildman–Crippen MR) is 55.6 cm³/mol. The summed E-state index contributed by atoms with van der Waals surface area (Å²) >= 11 is 0. The maximum absolute atomic E-state index is 5.71. The van der Waals surface area contributed by atoms with E-state index >= 15 is 0 Å². The molecule has 0 radical (unpaired) electrons. The van der Waals surface area contributed by atoms with Crippen LogP contribution in [0.5, 0.6) is 5.88 Å². The number of nitrogens with one attached hydrogen (secondary N) is 1. The zero-order valence-electron chi connectivity index (χ0n) is 8.41. The fourth-order valence-electron chi connectivity index (χ4n) is 0.979. The molecule has 0 aromatic carbocycles. The summed E-state index contributed by atoms with van der Waals surface area (Å²) in [7, 11) is 3.21. The number of methoxy groups -OCH3 is 2. The van der Waals surface area contributed by atoms with Gasteiger partial charge in [-0.2, -0.15) is 4.98 Å². The molecule has 0 saturated heterocycles. The van der Waals surface area contributed by atoms with E-state index in [-0.39, 0.29) is 0 Å². The average molecular weight is 197 g/mol. The van der Waals surface area contributed by atoms with Crippen LogP contribution in [0.15, 0.2) is 12.1 Å². The standard InChI is InChI=1S/C9H15N3O2/c1-13-6-5-11-9-7(10)3-4-8(12-9)14-2/h3-4H,5-6,10H2,1-2H3,(H,11,12). The van der Waals surface area contributed by atoms with Crippen LogP contribution in [0.2, 0.25) is 0 Å². The Morgan fingerprint density at radius 1 is 1.43 bits per heavy atom. The predicted octanol–water partition coefficient (Wildman–Crippen LogP) is 0.731. The van der Waals surface area contributed by atoms with E-state index < -0.39 is 0 Å². The number of rotatable bonds is 5. The molecule has 0 aliphatic heterocycles. The molecular weight excluding hydrogens is 182 g/mol. The summed E-state index contributed by atoms with van der Waals surface area (Å²) < 4.78 is 9.88. The maximum atomic E-state index is 5.71. The largest absolute Gasteiger partial charge is 0.481 e. The van der Waals surface area contributed by atoms with Crippen molar-refractivity contribution in [2.24, 2.45) is 0 Å². The van der Waals surface area contributed by atoms with Crippen LogP contribution in [0.4, 0.5) is 11.5 Å². The highest BCUT2D eigenvalue weighted by Crippen LogP contribution is 2.18. The molecule has 0 aliphatic rings. The van der Waals surface area contributed by atoms with Crippen LogP contribution in [0, 0.1) is 0 Å². The van der Waals surface area contributed by atoms with Crippen LogP contribution in [0.25, 0.3) is 0 Å². The van der Waals surface area contributed by atoms with Crippen LogP contribution in [0.1, 0.15) is 0 Å². The summed E-state index contributed by atoms with van der Waals surface area (Å²) in [6.45, 7) is 1.28. The van der Waals surface area contributed by atoms with Crippen molar-refractivity contribution in [2.75, 3.05) is 38.4 Å². The van der Waals surface area contributed by atoms with Crippen molar-refractivity contribution in [3.05, 3.63) is 12.1 Å². The second-order valence-electron chi connectivity index (χ2n) is 2.71. The molecule has 0 unspecified atom stereocenters. The van der Waals surface area contributed by atoms with Gasteiger partial charge in [0, 0.05) is 19.7 Å². The Kier molecular flexibility index (Phi) is 4.00. The van der Waals surface area contributed by atoms with Gasteiger partial charge in [-0.25, -0.2) is 0 Å². The third kappa shape index (κ3) is 2.77. The number of aromatic nitrogens is 1. The SMILES string of the molecule is COCCNc1nc(OC)ccc1N. The van der Waals surface area contributed by atoms with E-state index in [1.54, 1.807) is 26.4 Å². The molecule has 0 saturated carbocycles. The van der Waals surface area contributed by atoms with Crippen LogP contribution >= 0.6 is 0 Å². The minimum atomic E-state index is 0.541. The van der Waals surface area contributed by atoms with Gasteiger partial charge in [-0.15, -0.1) is 0 Å². The molecule has 0 bridgehead atoms. The molecule has 0 spiro atoms. The smallest absolute Gasteiger partial charge is 0.215 e. The van der Waals surface area contributed by atoms with E-state index in [0.29, 0.717) is 30.5 Å². The van der Waals surface area contributed by atoms with Gasteiger partial charge in [-0.05, 0) is 6.07 Å². The zero-order chi connectivity index (χ0) is 10.4. The van der Waals surface area contributed by atoms with E-state index in [1.807, 2.05) is 0 Å². The summed E-state index contributed by atoms with van der Waals surface area (Å²) in [5.74, 6) is 1.17. The van der Waals surface area contributed by atoms with E-state index in [1.165, 1.54) is 0 Å². The first-order valence-corrected chi connectivity index (χ1v) is 4.31. The lowest BCUT2D eigenvalue weighted by Gasteiger charge is -2.08. The second kappa shape index (κ2) is 5.29. The van der Waals surface area contributed by atoms with Gasteiger partial charge in [0.2, 0.25) is 5.88 Å². The Balaban J connectivity index is 2.64. The molecule has 3 N–H and O–H groups in total. The average Bonchev–Trinajstić information content (AvgIpc) is 2.21. The molecule has 0 fully saturated rings. The lowest BCUT2D eigenvalue weighted by molar-refractivity contribution is 0.210. The highest BCUT2D eigenvalue weighted by atomic mass is 16.5. The van der Waals surface area contributed by atoms with Crippen molar-refractivity contribution in [1.82, 2.24) is 4.98 Å². The van der Waals surface area contributed by atoms with Crippen molar-refractivity contribution in [2.45, 2.75) is 0 Å². The Bertz CT molecular complexity index is 291. The molecule has 5 heteroatoms. The first-order chi connectivity index (χ1) is 6.77. The molecule has 5 nitrogen and oxygen atoms in total. The number of ether oxygens (including phenoxy) is 2. The van der Waals surface area contributed by atoms with Crippen LogP contribution in [-0.2, 0) is 4.74 Å². The first kappa shape index (κ1) is 10.6. The molecule has 14 heavy (non-hydrogen) atoms. The molecule has 1 rings (SSSR count). The highest BCUT2D eigenvalue weighted by molar-refractivity contribution is 5.61. The Morgan fingerprint density at radius 2 is 2.21 bits per heavy atom. The molecule has 78 valence electrons. The summed E-state index contributed by atoms with van der Waals surface area (Å²) in [5, 5.41) is 3.05. The van der Waals surface area contributed by atoms with Crippen molar-refractivity contribution in [1.29, 1.82) is 0 Å². The molecule has 1 aromatic heterocycles. The molecule has 0 atom stereocenters. The maximum Gasteiger partial charge on any atom is 0.215 e. The monoisotopic (exact) mass is 197 g/mol. The lowest BCUT2D eigenvalue weighted by Crippen LogP contribution is -2.10. The van der Waals surface area contributed by atoms with E-state index in [9.17, 15) is 0 Å². The number of anilines is 2. The fraction of sp³-hybridized carbons (Fsp3) is 0.444. The Hall–Kier alpha value is -1.49. The fourth-order valence-corrected chi connectivity index (χ4v) is 0.979. The lowest BCUT2D eigenvalue weighted by atomic mass is 10.4. The van der Waals surface area contributed by atoms with Crippen LogP contribution in [-0.4, -0.2) is 32.4 Å². The molecular formula is C9H15N3O2. The van der Waals surface area contributed by atoms with Gasteiger partial charge in [0.1, 0.15) is 0 Å². The van der Waals surface area contributed by atoms with Gasteiger partial charge in [0.05, 0.1) is 19.4 Å². The minimum Gasteiger partial charge on any atom is -0.481 e. The first-order valence-electron chi connectivity index (χ1n) is 4.31. The van der Waals surface area contributed by atoms with Gasteiger partial charge in [0.15, 0.2) is 5.82 Å². The summed E-state index contributed by atoms with van der Waals surface area (Å²) in [5.41, 5.74) is 6.30. The number of pyridine rings is 1. The number of nitrogens with two attached hydrogens (primary N) is 1. The Morgan fingerprint density at radius 3 is 2.86 bits per heavy atom. The molecule has 1 aromatic rings.